The minimum absolute atomic E-state index is 0.298. The zero-order valence-corrected chi connectivity index (χ0v) is 11.7. The molecule has 0 bridgehead atoms. The number of methoxy groups -OCH3 is 1. The third kappa shape index (κ3) is 5.37. The fourth-order valence-electron chi connectivity index (χ4n) is 1.44. The Labute approximate surface area is 114 Å². The lowest BCUT2D eigenvalue weighted by molar-refractivity contribution is 0.134. The summed E-state index contributed by atoms with van der Waals surface area (Å²) in [6.45, 7) is 1.19. The molecule has 1 aromatic carbocycles. The van der Waals surface area contributed by atoms with Crippen LogP contribution in [0.1, 0.15) is 5.56 Å². The van der Waals surface area contributed by atoms with E-state index in [1.807, 2.05) is 18.2 Å². The molecule has 0 aliphatic rings. The molecule has 0 unspecified atom stereocenters. The molecule has 0 saturated carbocycles. The zero-order valence-electron chi connectivity index (χ0n) is 10.1. The fourth-order valence-corrected chi connectivity index (χ4v) is 1.78. The van der Waals surface area contributed by atoms with E-state index in [4.69, 9.17) is 14.6 Å². The Kier molecular flexibility index (Phi) is 6.53. The molecule has 1 rings (SSSR count). The monoisotopic (exact) mass is 317 g/mol. The molecule has 1 amide bonds. The summed E-state index contributed by atoms with van der Waals surface area (Å²) in [5.41, 5.74) is 1.06. The van der Waals surface area contributed by atoms with Crippen LogP contribution in [-0.2, 0) is 11.2 Å². The maximum atomic E-state index is 10.2. The molecule has 6 heteroatoms. The Balaban J connectivity index is 2.28. The van der Waals surface area contributed by atoms with E-state index in [1.165, 1.54) is 0 Å². The molecule has 0 radical (unpaired) electrons. The van der Waals surface area contributed by atoms with Crippen LogP contribution in [0.3, 0.4) is 0 Å². The van der Waals surface area contributed by atoms with E-state index in [0.29, 0.717) is 19.8 Å². The average molecular weight is 318 g/mol. The van der Waals surface area contributed by atoms with E-state index in [1.54, 1.807) is 7.11 Å². The van der Waals surface area contributed by atoms with Crippen molar-refractivity contribution in [2.75, 3.05) is 26.9 Å². The van der Waals surface area contributed by atoms with E-state index in [-0.39, 0.29) is 0 Å². The van der Waals surface area contributed by atoms with Crippen molar-refractivity contribution in [1.82, 2.24) is 5.32 Å². The smallest absolute Gasteiger partial charge is 0.404 e. The molecule has 1 aromatic rings. The van der Waals surface area contributed by atoms with E-state index in [0.717, 1.165) is 22.2 Å². The predicted molar refractivity (Wildman–Crippen MR) is 71.2 cm³/mol. The van der Waals surface area contributed by atoms with Crippen molar-refractivity contribution in [1.29, 1.82) is 0 Å². The van der Waals surface area contributed by atoms with Gasteiger partial charge in [-0.1, -0.05) is 22.0 Å². The first kappa shape index (κ1) is 14.8. The molecule has 0 aliphatic carbocycles. The molecule has 100 valence electrons. The van der Waals surface area contributed by atoms with Gasteiger partial charge in [-0.25, -0.2) is 4.79 Å². The molecule has 2 N–H and O–H groups in total. The summed E-state index contributed by atoms with van der Waals surface area (Å²) in [6, 6.07) is 5.83. The first-order valence-electron chi connectivity index (χ1n) is 5.50. The second kappa shape index (κ2) is 7.94. The van der Waals surface area contributed by atoms with Crippen LogP contribution in [0.2, 0.25) is 0 Å². The topological polar surface area (TPSA) is 67.8 Å². The van der Waals surface area contributed by atoms with Gasteiger partial charge in [0, 0.05) is 11.0 Å². The SMILES string of the molecule is COc1cc(Br)ccc1CCOCCNC(=O)O. The first-order chi connectivity index (χ1) is 8.63. The number of nitrogens with one attached hydrogen (secondary N) is 1. The Morgan fingerprint density at radius 2 is 2.22 bits per heavy atom. The van der Waals surface area contributed by atoms with Crippen molar-refractivity contribution in [3.05, 3.63) is 28.2 Å². The quantitative estimate of drug-likeness (QED) is 0.757. The lowest BCUT2D eigenvalue weighted by Gasteiger charge is -2.09. The molecular weight excluding hydrogens is 302 g/mol. The molecule has 0 saturated heterocycles. The van der Waals surface area contributed by atoms with Gasteiger partial charge in [0.05, 0.1) is 20.3 Å². The van der Waals surface area contributed by atoms with Gasteiger partial charge in [-0.2, -0.15) is 0 Å². The minimum Gasteiger partial charge on any atom is -0.496 e. The summed E-state index contributed by atoms with van der Waals surface area (Å²) in [4.78, 5) is 10.2. The largest absolute Gasteiger partial charge is 0.496 e. The van der Waals surface area contributed by atoms with Gasteiger partial charge in [0.15, 0.2) is 0 Å². The number of rotatable bonds is 7. The van der Waals surface area contributed by atoms with Gasteiger partial charge in [0.2, 0.25) is 0 Å². The van der Waals surface area contributed by atoms with Crippen LogP contribution in [0, 0.1) is 0 Å². The van der Waals surface area contributed by atoms with Crippen molar-refractivity contribution in [2.45, 2.75) is 6.42 Å². The van der Waals surface area contributed by atoms with Crippen molar-refractivity contribution in [3.8, 4) is 5.75 Å². The molecule has 5 nitrogen and oxygen atoms in total. The predicted octanol–water partition coefficient (Wildman–Crippen LogP) is 2.28. The van der Waals surface area contributed by atoms with Crippen LogP contribution >= 0.6 is 15.9 Å². The molecular formula is C12H16BrNO4. The molecule has 18 heavy (non-hydrogen) atoms. The molecule has 0 heterocycles. The second-order valence-corrected chi connectivity index (χ2v) is 4.47. The zero-order chi connectivity index (χ0) is 13.4. The highest BCUT2D eigenvalue weighted by Gasteiger charge is 2.03. The Morgan fingerprint density at radius 3 is 2.89 bits per heavy atom. The minimum atomic E-state index is -1.03. The number of hydrogen-bond donors (Lipinski definition) is 2. The standard InChI is InChI=1S/C12H16BrNO4/c1-17-11-8-10(13)3-2-9(11)4-6-18-7-5-14-12(15)16/h2-3,8,14H,4-7H2,1H3,(H,15,16). The number of ether oxygens (including phenoxy) is 2. The lowest BCUT2D eigenvalue weighted by Crippen LogP contribution is -2.25. The van der Waals surface area contributed by atoms with Crippen molar-refractivity contribution < 1.29 is 19.4 Å². The summed E-state index contributed by atoms with van der Waals surface area (Å²) in [5, 5.41) is 10.6. The molecule has 0 aliphatic heterocycles. The van der Waals surface area contributed by atoms with E-state index >= 15 is 0 Å². The van der Waals surface area contributed by atoms with E-state index < -0.39 is 6.09 Å². The van der Waals surface area contributed by atoms with Crippen molar-refractivity contribution in [2.24, 2.45) is 0 Å². The highest BCUT2D eigenvalue weighted by molar-refractivity contribution is 9.10. The maximum absolute atomic E-state index is 10.2. The van der Waals surface area contributed by atoms with Crippen molar-refractivity contribution in [3.63, 3.8) is 0 Å². The number of hydrogen-bond acceptors (Lipinski definition) is 3. The molecule has 0 aromatic heterocycles. The third-order valence-corrected chi connectivity index (χ3v) is 2.78. The van der Waals surface area contributed by atoms with Crippen LogP contribution < -0.4 is 10.1 Å². The van der Waals surface area contributed by atoms with Gasteiger partial charge in [-0.3, -0.25) is 0 Å². The molecule has 0 fully saturated rings. The van der Waals surface area contributed by atoms with Gasteiger partial charge in [-0.15, -0.1) is 0 Å². The average Bonchev–Trinajstić information content (AvgIpc) is 2.34. The highest BCUT2D eigenvalue weighted by atomic mass is 79.9. The number of carbonyl (C=O) groups is 1. The van der Waals surface area contributed by atoms with Gasteiger partial charge in [0.25, 0.3) is 0 Å². The fraction of sp³-hybridized carbons (Fsp3) is 0.417. The highest BCUT2D eigenvalue weighted by Crippen LogP contribution is 2.23. The van der Waals surface area contributed by atoms with Crippen LogP contribution in [0.15, 0.2) is 22.7 Å². The summed E-state index contributed by atoms with van der Waals surface area (Å²) in [5.74, 6) is 0.816. The van der Waals surface area contributed by atoms with Gasteiger partial charge in [-0.05, 0) is 24.1 Å². The van der Waals surface area contributed by atoms with E-state index in [9.17, 15) is 4.79 Å². The number of carboxylic acid groups (broad SMARTS) is 1. The summed E-state index contributed by atoms with van der Waals surface area (Å²) in [6.07, 6.45) is -0.308. The maximum Gasteiger partial charge on any atom is 0.404 e. The van der Waals surface area contributed by atoms with Crippen LogP contribution in [0.4, 0.5) is 4.79 Å². The normalized spacial score (nSPS) is 10.1. The van der Waals surface area contributed by atoms with Crippen molar-refractivity contribution >= 4 is 22.0 Å². The van der Waals surface area contributed by atoms with Crippen LogP contribution in [0.5, 0.6) is 5.75 Å². The second-order valence-electron chi connectivity index (χ2n) is 3.55. The van der Waals surface area contributed by atoms with Gasteiger partial charge >= 0.3 is 6.09 Å². The Morgan fingerprint density at radius 1 is 1.44 bits per heavy atom. The summed E-state index contributed by atoms with van der Waals surface area (Å²) in [7, 11) is 1.63. The Bertz CT molecular complexity index is 398. The van der Waals surface area contributed by atoms with Gasteiger partial charge < -0.3 is 19.9 Å². The molecule has 0 spiro atoms. The number of benzene rings is 1. The first-order valence-corrected chi connectivity index (χ1v) is 6.29. The lowest BCUT2D eigenvalue weighted by atomic mass is 10.1. The number of amides is 1. The van der Waals surface area contributed by atoms with Gasteiger partial charge in [0.1, 0.15) is 5.75 Å². The summed E-state index contributed by atoms with van der Waals surface area (Å²) >= 11 is 3.38. The summed E-state index contributed by atoms with van der Waals surface area (Å²) < 4.78 is 11.6. The van der Waals surface area contributed by atoms with Crippen LogP contribution in [-0.4, -0.2) is 38.1 Å². The third-order valence-electron chi connectivity index (χ3n) is 2.29. The Hall–Kier alpha value is -1.27. The van der Waals surface area contributed by atoms with Crippen LogP contribution in [0.25, 0.3) is 0 Å². The molecule has 0 atom stereocenters. The van der Waals surface area contributed by atoms with E-state index in [2.05, 4.69) is 21.2 Å². The number of halogens is 1.